The van der Waals surface area contributed by atoms with Crippen molar-refractivity contribution in [1.82, 2.24) is 20.2 Å². The molecule has 1 amide bonds. The Labute approximate surface area is 130 Å². The van der Waals surface area contributed by atoms with Crippen LogP contribution in [0.15, 0.2) is 10.9 Å². The highest BCUT2D eigenvalue weighted by atomic mass is 16.1. The van der Waals surface area contributed by atoms with Crippen molar-refractivity contribution in [2.24, 2.45) is 0 Å². The molecule has 1 aromatic heterocycles. The molecule has 0 spiro atoms. The zero-order valence-corrected chi connectivity index (χ0v) is 13.1. The number of amides is 1. The van der Waals surface area contributed by atoms with Gasteiger partial charge in [0.05, 0.1) is 0 Å². The number of hydrogen-bond donors (Lipinski definition) is 3. The van der Waals surface area contributed by atoms with E-state index in [9.17, 15) is 9.59 Å². The number of nitrogen functional groups attached to an aromatic ring is 1. The summed E-state index contributed by atoms with van der Waals surface area (Å²) in [6, 6.07) is 1.76. The zero-order valence-electron chi connectivity index (χ0n) is 13.1. The molecule has 0 aliphatic carbocycles. The Balaban J connectivity index is 1.68. The minimum Gasteiger partial charge on any atom is -0.383 e. The van der Waals surface area contributed by atoms with Crippen molar-refractivity contribution in [1.29, 1.82) is 0 Å². The molecule has 1 aliphatic heterocycles. The Morgan fingerprint density at radius 1 is 1.55 bits per heavy atom. The molecule has 2 heterocycles. The van der Waals surface area contributed by atoms with Crippen LogP contribution in [0.4, 0.5) is 5.82 Å². The van der Waals surface area contributed by atoms with Gasteiger partial charge in [-0.05, 0) is 32.9 Å². The predicted octanol–water partition coefficient (Wildman–Crippen LogP) is 0.275. The second-order valence-electron chi connectivity index (χ2n) is 5.89. The largest absolute Gasteiger partial charge is 0.383 e. The average Bonchev–Trinajstić information content (AvgIpc) is 2.45. The van der Waals surface area contributed by atoms with E-state index in [1.165, 1.54) is 25.3 Å². The summed E-state index contributed by atoms with van der Waals surface area (Å²) >= 11 is 0. The van der Waals surface area contributed by atoms with Crippen LogP contribution in [0.1, 0.15) is 37.9 Å². The van der Waals surface area contributed by atoms with Gasteiger partial charge >= 0.3 is 0 Å². The Morgan fingerprint density at radius 2 is 2.36 bits per heavy atom. The molecule has 0 saturated carbocycles. The normalized spacial score (nSPS) is 19.0. The minimum atomic E-state index is -0.269. The first-order valence-electron chi connectivity index (χ1n) is 7.87. The van der Waals surface area contributed by atoms with E-state index in [4.69, 9.17) is 5.73 Å². The third-order valence-electron chi connectivity index (χ3n) is 4.12. The van der Waals surface area contributed by atoms with E-state index in [2.05, 4.69) is 27.2 Å². The number of nitrogens with one attached hydrogen (secondary N) is 2. The summed E-state index contributed by atoms with van der Waals surface area (Å²) in [5.74, 6) is 0.743. The van der Waals surface area contributed by atoms with E-state index < -0.39 is 0 Å². The number of carbonyl (C=O) groups excluding carboxylic acids is 1. The molecule has 7 heteroatoms. The molecule has 0 radical (unpaired) electrons. The minimum absolute atomic E-state index is 0.0465. The van der Waals surface area contributed by atoms with Gasteiger partial charge in [0.25, 0.3) is 5.56 Å². The van der Waals surface area contributed by atoms with Gasteiger partial charge in [-0.1, -0.05) is 6.42 Å². The van der Waals surface area contributed by atoms with Crippen molar-refractivity contribution in [2.45, 2.75) is 44.6 Å². The molecule has 1 atom stereocenters. The highest BCUT2D eigenvalue weighted by Gasteiger charge is 2.19. The second-order valence-corrected chi connectivity index (χ2v) is 5.89. The third-order valence-corrected chi connectivity index (χ3v) is 4.12. The van der Waals surface area contributed by atoms with Gasteiger partial charge in [-0.15, -0.1) is 0 Å². The molecule has 0 bridgehead atoms. The van der Waals surface area contributed by atoms with Crippen molar-refractivity contribution in [3.05, 3.63) is 22.2 Å². The van der Waals surface area contributed by atoms with Crippen molar-refractivity contribution >= 4 is 11.7 Å². The monoisotopic (exact) mass is 307 g/mol. The third kappa shape index (κ3) is 5.14. The van der Waals surface area contributed by atoms with Gasteiger partial charge in [-0.2, -0.15) is 0 Å². The number of nitrogens with two attached hydrogens (primary N) is 1. The molecule has 22 heavy (non-hydrogen) atoms. The standard InChI is InChI=1S/C15H25N5O2/c1-20-9-3-2-4-11(20)5-6-14(21)17-8-7-13-18-12(16)10-15(22)19-13/h10-11H,2-9H2,1H3,(H,17,21)(H3,16,18,19,22). The molecule has 7 nitrogen and oxygen atoms in total. The lowest BCUT2D eigenvalue weighted by Gasteiger charge is -2.32. The van der Waals surface area contributed by atoms with Crippen LogP contribution in [0.3, 0.4) is 0 Å². The number of rotatable bonds is 6. The number of piperidine rings is 1. The Kier molecular flexibility index (Phi) is 5.94. The van der Waals surface area contributed by atoms with E-state index in [1.54, 1.807) is 0 Å². The van der Waals surface area contributed by atoms with Crippen LogP contribution in [0.25, 0.3) is 0 Å². The van der Waals surface area contributed by atoms with E-state index >= 15 is 0 Å². The summed E-state index contributed by atoms with van der Waals surface area (Å²) in [6.07, 6.45) is 5.59. The highest BCUT2D eigenvalue weighted by molar-refractivity contribution is 5.75. The lowest BCUT2D eigenvalue weighted by molar-refractivity contribution is -0.121. The van der Waals surface area contributed by atoms with Gasteiger partial charge in [0.15, 0.2) is 0 Å². The van der Waals surface area contributed by atoms with Crippen LogP contribution in [0, 0.1) is 0 Å². The first-order valence-corrected chi connectivity index (χ1v) is 7.87. The molecule has 2 rings (SSSR count). The maximum Gasteiger partial charge on any atom is 0.252 e. The second kappa shape index (κ2) is 7.93. The van der Waals surface area contributed by atoms with Crippen LogP contribution in [0.2, 0.25) is 0 Å². The van der Waals surface area contributed by atoms with Crippen molar-refractivity contribution in [2.75, 3.05) is 25.9 Å². The Hall–Kier alpha value is -1.89. The van der Waals surface area contributed by atoms with E-state index in [1.807, 2.05) is 0 Å². The number of likely N-dealkylation sites (tertiary alicyclic amines) is 1. The molecule has 0 aromatic carbocycles. The number of anilines is 1. The molecule has 4 N–H and O–H groups in total. The Bertz CT molecular complexity index is 557. The summed E-state index contributed by atoms with van der Waals surface area (Å²) in [4.78, 5) is 32.1. The van der Waals surface area contributed by atoms with Crippen molar-refractivity contribution in [3.63, 3.8) is 0 Å². The highest BCUT2D eigenvalue weighted by Crippen LogP contribution is 2.18. The van der Waals surface area contributed by atoms with Crippen molar-refractivity contribution < 1.29 is 4.79 Å². The predicted molar refractivity (Wildman–Crippen MR) is 85.5 cm³/mol. The van der Waals surface area contributed by atoms with Crippen molar-refractivity contribution in [3.8, 4) is 0 Å². The summed E-state index contributed by atoms with van der Waals surface area (Å²) in [5.41, 5.74) is 5.24. The van der Waals surface area contributed by atoms with Gasteiger partial charge < -0.3 is 20.9 Å². The topological polar surface area (TPSA) is 104 Å². The molecule has 1 fully saturated rings. The average molecular weight is 307 g/mol. The van der Waals surface area contributed by atoms with E-state index in [-0.39, 0.29) is 17.3 Å². The number of nitrogens with zero attached hydrogens (tertiary/aromatic N) is 2. The van der Waals surface area contributed by atoms with Gasteiger partial charge in [0, 0.05) is 31.5 Å². The molecular formula is C15H25N5O2. The van der Waals surface area contributed by atoms with E-state index in [0.717, 1.165) is 13.0 Å². The number of H-pyrrole nitrogens is 1. The van der Waals surface area contributed by atoms with Crippen LogP contribution >= 0.6 is 0 Å². The summed E-state index contributed by atoms with van der Waals surface area (Å²) in [5, 5.41) is 2.86. The summed E-state index contributed by atoms with van der Waals surface area (Å²) < 4.78 is 0. The summed E-state index contributed by atoms with van der Waals surface area (Å²) in [7, 11) is 2.13. The van der Waals surface area contributed by atoms with Crippen LogP contribution in [-0.4, -0.2) is 47.0 Å². The zero-order chi connectivity index (χ0) is 15.9. The number of carbonyl (C=O) groups is 1. The molecule has 1 aliphatic rings. The maximum absolute atomic E-state index is 11.9. The van der Waals surface area contributed by atoms with Gasteiger partial charge in [-0.3, -0.25) is 9.59 Å². The first kappa shape index (κ1) is 16.5. The number of hydrogen-bond acceptors (Lipinski definition) is 5. The molecule has 1 saturated heterocycles. The van der Waals surface area contributed by atoms with Gasteiger partial charge in [-0.25, -0.2) is 4.98 Å². The van der Waals surface area contributed by atoms with Crippen LogP contribution < -0.4 is 16.6 Å². The Morgan fingerprint density at radius 3 is 3.09 bits per heavy atom. The number of aromatic amines is 1. The smallest absolute Gasteiger partial charge is 0.252 e. The molecular weight excluding hydrogens is 282 g/mol. The summed E-state index contributed by atoms with van der Waals surface area (Å²) in [6.45, 7) is 1.58. The fraction of sp³-hybridized carbons (Fsp3) is 0.667. The van der Waals surface area contributed by atoms with Gasteiger partial charge in [0.1, 0.15) is 11.6 Å². The van der Waals surface area contributed by atoms with Gasteiger partial charge in [0.2, 0.25) is 5.91 Å². The molecule has 122 valence electrons. The lowest BCUT2D eigenvalue weighted by Crippen LogP contribution is -2.37. The molecule has 1 unspecified atom stereocenters. The van der Waals surface area contributed by atoms with Crippen LogP contribution in [0.5, 0.6) is 0 Å². The maximum atomic E-state index is 11.9. The number of aromatic nitrogens is 2. The fourth-order valence-electron chi connectivity index (χ4n) is 2.86. The van der Waals surface area contributed by atoms with E-state index in [0.29, 0.717) is 31.3 Å². The first-order chi connectivity index (χ1) is 10.5. The fourth-order valence-corrected chi connectivity index (χ4v) is 2.86. The van der Waals surface area contributed by atoms with Crippen LogP contribution in [-0.2, 0) is 11.2 Å². The SMILES string of the molecule is CN1CCCCC1CCC(=O)NCCc1nc(N)cc(=O)[nH]1. The quantitative estimate of drug-likeness (QED) is 0.700. The lowest BCUT2D eigenvalue weighted by atomic mass is 9.98. The molecule has 1 aromatic rings.